The molecule has 1 fully saturated rings. The summed E-state index contributed by atoms with van der Waals surface area (Å²) in [6.07, 6.45) is -2.17. The van der Waals surface area contributed by atoms with Crippen molar-refractivity contribution in [2.45, 2.75) is 37.0 Å². The first-order valence-electron chi connectivity index (χ1n) is 16.3. The Morgan fingerprint density at radius 1 is 1.07 bits per heavy atom. The Bertz CT molecular complexity index is 2530. The number of aromatic nitrogens is 7. The molecule has 2 aliphatic carbocycles. The molecule has 0 radical (unpaired) electrons. The Kier molecular flexibility index (Phi) is 7.95. The Hall–Kier alpha value is -5.71. The van der Waals surface area contributed by atoms with E-state index in [1.165, 1.54) is 9.36 Å². The molecule has 3 atom stereocenters. The fourth-order valence-corrected chi connectivity index (χ4v) is 7.82. The second-order valence-corrected chi connectivity index (χ2v) is 13.8. The number of nitrogens with two attached hydrogens (primary N) is 1. The number of fused-ring (bicyclic) bond motifs is 4. The predicted octanol–water partition coefficient (Wildman–Crippen LogP) is 7.24. The zero-order chi connectivity index (χ0) is 38.6. The SMILES string of the molecule is C=C1[C@@H]2c3c(C(F)(F)F)nn(CC(=O)N[C@@H](Cc4cc(F)cc(F)c4)c4nc(-c5cnn(C)c5)ccc4-c4ccc(Cl)c5c(N)nn(C)c45)c3C(F)(F)[C@H]12. The molecular formula is C36H27ClF7N9O. The highest BCUT2D eigenvalue weighted by Gasteiger charge is 2.71. The number of anilines is 1. The first kappa shape index (κ1) is 35.3. The van der Waals surface area contributed by atoms with Crippen LogP contribution in [-0.4, -0.2) is 40.2 Å². The maximum absolute atomic E-state index is 15.5. The number of aryl methyl sites for hydroxylation is 2. The predicted molar refractivity (Wildman–Crippen MR) is 183 cm³/mol. The molecule has 0 saturated heterocycles. The summed E-state index contributed by atoms with van der Waals surface area (Å²) in [5.41, 5.74) is 5.45. The van der Waals surface area contributed by atoms with E-state index in [4.69, 9.17) is 22.3 Å². The Morgan fingerprint density at radius 3 is 2.44 bits per heavy atom. The maximum Gasteiger partial charge on any atom is 0.435 e. The number of hydrogen-bond donors (Lipinski definition) is 2. The number of hydrogen-bond acceptors (Lipinski definition) is 6. The minimum absolute atomic E-state index is 0.0389. The molecule has 0 unspecified atom stereocenters. The lowest BCUT2D eigenvalue weighted by atomic mass is 9.93. The van der Waals surface area contributed by atoms with Gasteiger partial charge in [-0.2, -0.15) is 37.2 Å². The third kappa shape index (κ3) is 5.68. The number of benzene rings is 2. The van der Waals surface area contributed by atoms with Crippen LogP contribution in [0.3, 0.4) is 0 Å². The highest BCUT2D eigenvalue weighted by atomic mass is 35.5. The molecule has 8 rings (SSSR count). The number of nitrogen functional groups attached to an aromatic ring is 1. The van der Waals surface area contributed by atoms with Gasteiger partial charge in [-0.15, -0.1) is 0 Å². The third-order valence-electron chi connectivity index (χ3n) is 9.80. The number of allylic oxidation sites excluding steroid dienone is 1. The number of alkyl halides is 5. The quantitative estimate of drug-likeness (QED) is 0.124. The van der Waals surface area contributed by atoms with Crippen LogP contribution in [0.1, 0.15) is 40.2 Å². The molecule has 6 aromatic rings. The lowest BCUT2D eigenvalue weighted by Crippen LogP contribution is -2.35. The first-order valence-corrected chi connectivity index (χ1v) is 16.7. The molecule has 4 heterocycles. The van der Waals surface area contributed by atoms with Crippen LogP contribution >= 0.6 is 11.6 Å². The van der Waals surface area contributed by atoms with Gasteiger partial charge in [0.05, 0.1) is 45.5 Å². The van der Waals surface area contributed by atoms with Crippen molar-refractivity contribution in [1.29, 1.82) is 0 Å². The topological polar surface area (TPSA) is 121 Å². The van der Waals surface area contributed by atoms with Gasteiger partial charge in [-0.1, -0.05) is 35.9 Å². The number of pyridine rings is 1. The van der Waals surface area contributed by atoms with Gasteiger partial charge in [0.2, 0.25) is 5.91 Å². The van der Waals surface area contributed by atoms with E-state index in [1.807, 2.05) is 0 Å². The number of rotatable bonds is 8. The fraction of sp³-hybridized carbons (Fsp3) is 0.250. The highest BCUT2D eigenvalue weighted by molar-refractivity contribution is 6.37. The molecule has 54 heavy (non-hydrogen) atoms. The lowest BCUT2D eigenvalue weighted by Gasteiger charge is -2.23. The minimum Gasteiger partial charge on any atom is -0.382 e. The van der Waals surface area contributed by atoms with Crippen LogP contribution in [0.2, 0.25) is 5.02 Å². The molecule has 3 N–H and O–H groups in total. The van der Waals surface area contributed by atoms with E-state index < -0.39 is 71.0 Å². The third-order valence-corrected chi connectivity index (χ3v) is 10.1. The second-order valence-electron chi connectivity index (χ2n) is 13.4. The Morgan fingerprint density at radius 2 is 1.78 bits per heavy atom. The number of carbonyl (C=O) groups excluding carboxylic acids is 1. The lowest BCUT2D eigenvalue weighted by molar-refractivity contribution is -0.142. The van der Waals surface area contributed by atoms with Crippen molar-refractivity contribution < 1.29 is 35.5 Å². The molecule has 10 nitrogen and oxygen atoms in total. The average Bonchev–Trinajstić information content (AvgIpc) is 3.42. The standard InChI is InChI=1S/C36H27ClF7N9O/c1-15-26-28-32(36(42,43)44)49-53(33(28)35(40,41)29(15)26)14-25(54)47-24(10-16-8-18(38)11-19(39)9-16)30-20(5-7-23(48-30)17-12-46-51(2)13-17)21-4-6-22(37)27-31(21)52(3)50-34(27)45/h4-9,11-13,24,26,29H,1,10,14H2,2-3H3,(H2,45,50)(H,47,54)/t24-,26+,29+/m0/s1. The van der Waals surface area contributed by atoms with Gasteiger partial charge in [-0.05, 0) is 36.2 Å². The summed E-state index contributed by atoms with van der Waals surface area (Å²) in [6.45, 7) is 2.46. The highest BCUT2D eigenvalue weighted by Crippen LogP contribution is 2.71. The van der Waals surface area contributed by atoms with E-state index in [-0.39, 0.29) is 29.1 Å². The largest absolute Gasteiger partial charge is 0.435 e. The molecule has 4 aromatic heterocycles. The van der Waals surface area contributed by atoms with E-state index in [2.05, 4.69) is 27.2 Å². The zero-order valence-electron chi connectivity index (χ0n) is 28.2. The summed E-state index contributed by atoms with van der Waals surface area (Å²) in [4.78, 5) is 18.8. The minimum atomic E-state index is -5.09. The summed E-state index contributed by atoms with van der Waals surface area (Å²) in [5, 5.41) is 15.4. The van der Waals surface area contributed by atoms with Crippen LogP contribution in [0, 0.1) is 17.6 Å². The van der Waals surface area contributed by atoms with E-state index in [0.29, 0.717) is 49.1 Å². The molecular weight excluding hydrogens is 743 g/mol. The van der Waals surface area contributed by atoms with E-state index >= 15 is 8.78 Å². The smallest absolute Gasteiger partial charge is 0.382 e. The molecule has 1 amide bonds. The summed E-state index contributed by atoms with van der Waals surface area (Å²) in [6, 6.07) is 8.13. The van der Waals surface area contributed by atoms with Crippen molar-refractivity contribution in [1.82, 2.24) is 39.6 Å². The fourth-order valence-electron chi connectivity index (χ4n) is 7.57. The van der Waals surface area contributed by atoms with Crippen LogP contribution in [0.15, 0.2) is 67.0 Å². The molecule has 2 aromatic carbocycles. The first-order chi connectivity index (χ1) is 25.4. The van der Waals surface area contributed by atoms with Crippen molar-refractivity contribution in [3.8, 4) is 22.4 Å². The maximum atomic E-state index is 15.5. The molecule has 2 aliphatic rings. The number of amides is 1. The summed E-state index contributed by atoms with van der Waals surface area (Å²) >= 11 is 6.51. The number of nitrogens with zero attached hydrogens (tertiary/aromatic N) is 7. The van der Waals surface area contributed by atoms with Crippen molar-refractivity contribution >= 4 is 34.2 Å². The summed E-state index contributed by atoms with van der Waals surface area (Å²) < 4.78 is 106. The Balaban J connectivity index is 1.27. The van der Waals surface area contributed by atoms with E-state index in [9.17, 15) is 26.7 Å². The van der Waals surface area contributed by atoms with Crippen molar-refractivity contribution in [2.24, 2.45) is 20.0 Å². The molecule has 0 spiro atoms. The van der Waals surface area contributed by atoms with Crippen LogP contribution in [0.5, 0.6) is 0 Å². The van der Waals surface area contributed by atoms with Crippen molar-refractivity contribution in [2.75, 3.05) is 5.73 Å². The van der Waals surface area contributed by atoms with Gasteiger partial charge in [-0.25, -0.2) is 13.8 Å². The number of nitrogens with one attached hydrogen (secondary N) is 1. The van der Waals surface area contributed by atoms with Crippen LogP contribution < -0.4 is 11.1 Å². The van der Waals surface area contributed by atoms with Crippen LogP contribution in [0.25, 0.3) is 33.3 Å². The molecule has 0 bridgehead atoms. The Labute approximate surface area is 306 Å². The van der Waals surface area contributed by atoms with Gasteiger partial charge in [0.1, 0.15) is 23.9 Å². The molecule has 18 heteroatoms. The van der Waals surface area contributed by atoms with Crippen molar-refractivity contribution in [3.63, 3.8) is 0 Å². The summed E-state index contributed by atoms with van der Waals surface area (Å²) in [5.74, 6) is -9.25. The monoisotopic (exact) mass is 769 g/mol. The van der Waals surface area contributed by atoms with Gasteiger partial charge in [-0.3, -0.25) is 18.8 Å². The summed E-state index contributed by atoms with van der Waals surface area (Å²) in [7, 11) is 3.33. The molecule has 0 aliphatic heterocycles. The van der Waals surface area contributed by atoms with Crippen LogP contribution in [0.4, 0.5) is 36.6 Å². The molecule has 1 saturated carbocycles. The van der Waals surface area contributed by atoms with Gasteiger partial charge >= 0.3 is 6.18 Å². The molecule has 278 valence electrons. The van der Waals surface area contributed by atoms with Gasteiger partial charge in [0.15, 0.2) is 11.5 Å². The van der Waals surface area contributed by atoms with Crippen LogP contribution in [-0.2, 0) is 44.0 Å². The normalized spacial score (nSPS) is 17.9. The number of carbonyl (C=O) groups is 1. The van der Waals surface area contributed by atoms with E-state index in [1.54, 1.807) is 50.8 Å². The van der Waals surface area contributed by atoms with E-state index in [0.717, 1.165) is 12.1 Å². The van der Waals surface area contributed by atoms with Gasteiger partial charge in [0, 0.05) is 54.5 Å². The van der Waals surface area contributed by atoms with Gasteiger partial charge < -0.3 is 11.1 Å². The second kappa shape index (κ2) is 12.2. The van der Waals surface area contributed by atoms with Crippen molar-refractivity contribution in [3.05, 3.63) is 112 Å². The van der Waals surface area contributed by atoms with Gasteiger partial charge in [0.25, 0.3) is 5.92 Å². The number of halogens is 8. The zero-order valence-corrected chi connectivity index (χ0v) is 28.9. The average molecular weight is 770 g/mol.